The van der Waals surface area contributed by atoms with Gasteiger partial charge in [-0.3, -0.25) is 19.3 Å². The number of amides is 4. The quantitative estimate of drug-likeness (QED) is 0.206. The zero-order chi connectivity index (χ0) is 35.0. The van der Waals surface area contributed by atoms with Crippen LogP contribution in [0.5, 0.6) is 5.75 Å². The van der Waals surface area contributed by atoms with Crippen LogP contribution in [-0.4, -0.2) is 75.2 Å². The summed E-state index contributed by atoms with van der Waals surface area (Å²) in [6.45, 7) is 12.4. The van der Waals surface area contributed by atoms with Crippen LogP contribution in [0.4, 0.5) is 4.79 Å². The highest BCUT2D eigenvalue weighted by atomic mass is 16.5. The van der Waals surface area contributed by atoms with Crippen LogP contribution in [0.2, 0.25) is 0 Å². The van der Waals surface area contributed by atoms with Crippen LogP contribution in [0.1, 0.15) is 78.4 Å². The third-order valence-electron chi connectivity index (χ3n) is 8.13. The number of likely N-dealkylation sites (tertiary alicyclic amines) is 1. The third kappa shape index (κ3) is 11.0. The number of nitrogens with two attached hydrogens (primary N) is 2. The van der Waals surface area contributed by atoms with E-state index < -0.39 is 65.1 Å². The fraction of sp³-hybridized carbons (Fsp3) is 0.543. The first kappa shape index (κ1) is 37.3. The molecule has 0 unspecified atom stereocenters. The van der Waals surface area contributed by atoms with E-state index in [1.165, 1.54) is 0 Å². The molecule has 0 saturated carbocycles. The van der Waals surface area contributed by atoms with Crippen molar-refractivity contribution < 1.29 is 33.8 Å². The van der Waals surface area contributed by atoms with E-state index in [9.17, 15) is 24.3 Å². The highest BCUT2D eigenvalue weighted by Gasteiger charge is 2.51. The van der Waals surface area contributed by atoms with Gasteiger partial charge in [-0.1, -0.05) is 42.5 Å². The van der Waals surface area contributed by atoms with Crippen molar-refractivity contribution >= 4 is 23.8 Å². The predicted molar refractivity (Wildman–Crippen MR) is 178 cm³/mol. The molecular weight excluding hydrogens is 602 g/mol. The maximum atomic E-state index is 13.7. The van der Waals surface area contributed by atoms with E-state index in [0.717, 1.165) is 17.5 Å². The number of carbonyl (C=O) groups excluding carboxylic acids is 4. The van der Waals surface area contributed by atoms with Crippen LogP contribution in [0.15, 0.2) is 54.6 Å². The molecule has 7 N–H and O–H groups in total. The van der Waals surface area contributed by atoms with Gasteiger partial charge in [-0.25, -0.2) is 4.79 Å². The molecule has 0 aliphatic carbocycles. The molecule has 12 heteroatoms. The molecule has 0 radical (unpaired) electrons. The monoisotopic (exact) mass is 653 g/mol. The number of nitrogens with zero attached hydrogens (tertiary/aromatic N) is 1. The molecule has 1 aliphatic heterocycles. The summed E-state index contributed by atoms with van der Waals surface area (Å²) in [4.78, 5) is 53.3. The lowest BCUT2D eigenvalue weighted by molar-refractivity contribution is -0.135. The molecule has 0 aromatic heterocycles. The largest absolute Gasteiger partial charge is 0.488 e. The van der Waals surface area contributed by atoms with Gasteiger partial charge in [0.1, 0.15) is 29.5 Å². The van der Waals surface area contributed by atoms with Crippen molar-refractivity contribution in [2.24, 2.45) is 11.5 Å². The Morgan fingerprint density at radius 2 is 1.57 bits per heavy atom. The fourth-order valence-electron chi connectivity index (χ4n) is 6.10. The van der Waals surface area contributed by atoms with Crippen molar-refractivity contribution in [3.05, 3.63) is 65.7 Å². The van der Waals surface area contributed by atoms with E-state index in [1.807, 2.05) is 64.6 Å². The minimum Gasteiger partial charge on any atom is -0.488 e. The van der Waals surface area contributed by atoms with Crippen LogP contribution in [0.25, 0.3) is 0 Å². The fourth-order valence-corrected chi connectivity index (χ4v) is 6.10. The lowest BCUT2D eigenvalue weighted by atomic mass is 9.82. The SMILES string of the molecule is CC(C)(C)Oc1ccc(C[C@H](NC(=O)[C@H](CC(N)=O)NC(=O)OCc2ccccc2)[C@H](O)C[C@@]2(C(N)=O)CCCN2C(C)(C)C)cc1. The van der Waals surface area contributed by atoms with Gasteiger partial charge in [-0.05, 0) is 90.6 Å². The first-order valence-electron chi connectivity index (χ1n) is 16.0. The second kappa shape index (κ2) is 15.6. The third-order valence-corrected chi connectivity index (χ3v) is 8.13. The molecule has 3 rings (SSSR count). The summed E-state index contributed by atoms with van der Waals surface area (Å²) in [5, 5.41) is 17.0. The zero-order valence-corrected chi connectivity index (χ0v) is 28.4. The van der Waals surface area contributed by atoms with E-state index in [4.69, 9.17) is 20.9 Å². The van der Waals surface area contributed by atoms with E-state index in [-0.39, 0.29) is 19.4 Å². The number of hydrogen-bond donors (Lipinski definition) is 5. The number of nitrogens with one attached hydrogen (secondary N) is 2. The average molecular weight is 654 g/mol. The molecule has 1 fully saturated rings. The molecule has 4 atom stereocenters. The van der Waals surface area contributed by atoms with Gasteiger partial charge in [0, 0.05) is 12.0 Å². The van der Waals surface area contributed by atoms with Crippen molar-refractivity contribution in [1.29, 1.82) is 0 Å². The first-order valence-corrected chi connectivity index (χ1v) is 16.0. The Morgan fingerprint density at radius 3 is 2.13 bits per heavy atom. The van der Waals surface area contributed by atoms with Gasteiger partial charge in [-0.15, -0.1) is 0 Å². The van der Waals surface area contributed by atoms with E-state index in [1.54, 1.807) is 36.4 Å². The highest BCUT2D eigenvalue weighted by Crippen LogP contribution is 2.39. The Morgan fingerprint density at radius 1 is 0.936 bits per heavy atom. The topological polar surface area (TPSA) is 186 Å². The Balaban J connectivity index is 1.86. The number of carbonyl (C=O) groups is 4. The minimum atomic E-state index is -1.38. The van der Waals surface area contributed by atoms with Gasteiger partial charge in [0.15, 0.2) is 0 Å². The summed E-state index contributed by atoms with van der Waals surface area (Å²) in [6, 6.07) is 13.9. The molecule has 1 saturated heterocycles. The van der Waals surface area contributed by atoms with Crippen LogP contribution in [0, 0.1) is 0 Å². The van der Waals surface area contributed by atoms with Crippen LogP contribution < -0.4 is 26.8 Å². The Labute approximate surface area is 277 Å². The number of aliphatic hydroxyl groups is 1. The molecule has 2 aromatic carbocycles. The second-order valence-corrected chi connectivity index (χ2v) is 14.2. The van der Waals surface area contributed by atoms with Crippen LogP contribution >= 0.6 is 0 Å². The highest BCUT2D eigenvalue weighted by molar-refractivity contribution is 5.90. The van der Waals surface area contributed by atoms with Gasteiger partial charge in [0.25, 0.3) is 0 Å². The molecule has 258 valence electrons. The molecule has 1 aliphatic rings. The molecule has 47 heavy (non-hydrogen) atoms. The predicted octanol–water partition coefficient (Wildman–Crippen LogP) is 2.93. The summed E-state index contributed by atoms with van der Waals surface area (Å²) < 4.78 is 11.2. The second-order valence-electron chi connectivity index (χ2n) is 14.2. The molecular formula is C35H51N5O7. The lowest BCUT2D eigenvalue weighted by Gasteiger charge is -2.46. The Bertz CT molecular complexity index is 1370. The Hall–Kier alpha value is -4.16. The van der Waals surface area contributed by atoms with Crippen LogP contribution in [0.3, 0.4) is 0 Å². The van der Waals surface area contributed by atoms with Crippen molar-refractivity contribution in [3.8, 4) is 5.75 Å². The maximum absolute atomic E-state index is 13.7. The minimum absolute atomic E-state index is 0.0389. The number of alkyl carbamates (subject to hydrolysis) is 1. The number of aliphatic hydroxyl groups excluding tert-OH is 1. The van der Waals surface area contributed by atoms with Crippen molar-refractivity contribution in [2.75, 3.05) is 6.54 Å². The molecule has 2 aromatic rings. The van der Waals surface area contributed by atoms with Gasteiger partial charge >= 0.3 is 6.09 Å². The van der Waals surface area contributed by atoms with Crippen molar-refractivity contribution in [2.45, 2.75) is 115 Å². The van der Waals surface area contributed by atoms with E-state index in [0.29, 0.717) is 18.7 Å². The molecule has 1 heterocycles. The van der Waals surface area contributed by atoms with Gasteiger partial charge in [-0.2, -0.15) is 0 Å². The molecule has 4 amide bonds. The van der Waals surface area contributed by atoms with Crippen LogP contribution in [-0.2, 0) is 32.1 Å². The molecule has 12 nitrogen and oxygen atoms in total. The van der Waals surface area contributed by atoms with E-state index >= 15 is 0 Å². The summed E-state index contributed by atoms with van der Waals surface area (Å²) >= 11 is 0. The summed E-state index contributed by atoms with van der Waals surface area (Å²) in [5.41, 5.74) is 11.0. The van der Waals surface area contributed by atoms with Gasteiger partial charge in [0.2, 0.25) is 17.7 Å². The smallest absolute Gasteiger partial charge is 0.408 e. The standard InChI is InChI=1S/C35H51N5O7/c1-33(2,3)40-18-10-17-35(40,31(37)44)21-28(41)26(19-23-13-15-25(16-14-23)47-34(4,5)6)38-30(43)27(20-29(36)42)39-32(45)46-22-24-11-8-7-9-12-24/h7-9,11-16,26-28,41H,10,17-22H2,1-6H3,(H2,36,42)(H2,37,44)(H,38,43)(H,39,45)/t26-,27-,28+,35+/m0/s1. The van der Waals surface area contributed by atoms with Gasteiger partial charge < -0.3 is 36.7 Å². The van der Waals surface area contributed by atoms with Crippen molar-refractivity contribution in [3.63, 3.8) is 0 Å². The molecule has 0 spiro atoms. The van der Waals surface area contributed by atoms with E-state index in [2.05, 4.69) is 10.6 Å². The summed E-state index contributed by atoms with van der Waals surface area (Å²) in [5.74, 6) is -1.46. The maximum Gasteiger partial charge on any atom is 0.408 e. The number of hydrogen-bond acceptors (Lipinski definition) is 8. The average Bonchev–Trinajstić information content (AvgIpc) is 3.41. The number of primary amides is 2. The normalized spacial score (nSPS) is 18.9. The van der Waals surface area contributed by atoms with Gasteiger partial charge in [0.05, 0.1) is 18.6 Å². The number of rotatable bonds is 14. The first-order chi connectivity index (χ1) is 21.9. The zero-order valence-electron chi connectivity index (χ0n) is 28.4. The summed E-state index contributed by atoms with van der Waals surface area (Å²) in [6.07, 6.45) is -1.36. The molecule has 0 bridgehead atoms. The Kier molecular flexibility index (Phi) is 12.4. The number of ether oxygens (including phenoxy) is 2. The summed E-state index contributed by atoms with van der Waals surface area (Å²) in [7, 11) is 0. The van der Waals surface area contributed by atoms with Crippen molar-refractivity contribution in [1.82, 2.24) is 15.5 Å². The number of benzene rings is 2. The lowest BCUT2D eigenvalue weighted by Crippen LogP contribution is -2.63.